The highest BCUT2D eigenvalue weighted by Crippen LogP contribution is 2.35. The maximum atomic E-state index is 10.6. The number of thioether (sulfide) groups is 1. The average Bonchev–Trinajstić information content (AvgIpc) is 3.13. The Labute approximate surface area is 159 Å². The van der Waals surface area contributed by atoms with E-state index in [1.54, 1.807) is 0 Å². The van der Waals surface area contributed by atoms with Crippen LogP contribution >= 0.6 is 11.8 Å². The molecule has 0 amide bonds. The monoisotopic (exact) mass is 371 g/mol. The first-order valence-corrected chi connectivity index (χ1v) is 10.0. The van der Waals surface area contributed by atoms with Crippen LogP contribution in [0, 0.1) is 6.92 Å². The number of carboxylic acid groups (broad SMARTS) is 1. The molecule has 1 N–H and O–H groups in total. The van der Waals surface area contributed by atoms with E-state index in [1.165, 1.54) is 25.7 Å². The van der Waals surface area contributed by atoms with Gasteiger partial charge in [-0.2, -0.15) is 0 Å². The van der Waals surface area contributed by atoms with Gasteiger partial charge in [0.15, 0.2) is 0 Å². The summed E-state index contributed by atoms with van der Waals surface area (Å²) in [4.78, 5) is 15.4. The molecule has 0 saturated heterocycles. The predicted octanol–water partition coefficient (Wildman–Crippen LogP) is 5.02. The second kappa shape index (κ2) is 9.08. The first-order chi connectivity index (χ1) is 12.6. The lowest BCUT2D eigenvalue weighted by Crippen LogP contribution is -2.03. The van der Waals surface area contributed by atoms with Gasteiger partial charge in [0.05, 0.1) is 0 Å². The van der Waals surface area contributed by atoms with Crippen LogP contribution in [0.5, 0.6) is 5.75 Å². The molecule has 0 aliphatic heterocycles. The minimum atomic E-state index is -0.774. The van der Waals surface area contributed by atoms with E-state index in [0.717, 1.165) is 27.6 Å². The molecule has 4 nitrogen and oxygen atoms in total. The Bertz CT molecular complexity index is 739. The predicted molar refractivity (Wildman–Crippen MR) is 104 cm³/mol. The highest BCUT2D eigenvalue weighted by molar-refractivity contribution is 7.99. The number of rotatable bonds is 8. The summed E-state index contributed by atoms with van der Waals surface area (Å²) in [5, 5.41) is 10.5. The lowest BCUT2D eigenvalue weighted by atomic mass is 10.1. The number of aromatic nitrogens is 1. The molecule has 3 rings (SSSR count). The Balaban J connectivity index is 1.60. The molecule has 0 bridgehead atoms. The van der Waals surface area contributed by atoms with E-state index in [-0.39, 0.29) is 6.42 Å². The van der Waals surface area contributed by atoms with Gasteiger partial charge in [-0.25, -0.2) is 4.98 Å². The van der Waals surface area contributed by atoms with Crippen LogP contribution in [-0.4, -0.2) is 21.3 Å². The lowest BCUT2D eigenvalue weighted by Gasteiger charge is -2.14. The summed E-state index contributed by atoms with van der Waals surface area (Å²) >= 11 is 1.89. The van der Waals surface area contributed by atoms with Crippen molar-refractivity contribution in [2.45, 2.75) is 62.3 Å². The normalized spacial score (nSPS) is 14.5. The molecule has 1 fully saturated rings. The molecule has 2 aromatic rings. The number of hydrogen-bond donors (Lipinski definition) is 1. The third-order valence-electron chi connectivity index (χ3n) is 4.60. The Morgan fingerprint density at radius 1 is 1.19 bits per heavy atom. The third kappa shape index (κ3) is 5.49. The number of carboxylic acids is 1. The SMILES string of the molecule is Cc1ccc(COc2ccc(CCC(=O)O)cc2)c(SC2CCCC2)n1. The number of aryl methyl sites for hydroxylation is 2. The van der Waals surface area contributed by atoms with Gasteiger partial charge < -0.3 is 9.84 Å². The first kappa shape index (κ1) is 18.8. The quantitative estimate of drug-likeness (QED) is 0.706. The van der Waals surface area contributed by atoms with Gasteiger partial charge in [0, 0.05) is 22.9 Å². The summed E-state index contributed by atoms with van der Waals surface area (Å²) < 4.78 is 5.95. The van der Waals surface area contributed by atoms with Gasteiger partial charge in [-0.05, 0) is 49.9 Å². The van der Waals surface area contributed by atoms with E-state index in [1.807, 2.05) is 49.0 Å². The van der Waals surface area contributed by atoms with Crippen molar-refractivity contribution in [2.24, 2.45) is 0 Å². The van der Waals surface area contributed by atoms with Crippen molar-refractivity contribution in [3.63, 3.8) is 0 Å². The fourth-order valence-corrected chi connectivity index (χ4v) is 4.46. The largest absolute Gasteiger partial charge is 0.489 e. The van der Waals surface area contributed by atoms with Crippen LogP contribution in [0.3, 0.4) is 0 Å². The minimum absolute atomic E-state index is 0.150. The van der Waals surface area contributed by atoms with E-state index in [9.17, 15) is 4.79 Å². The molecule has 0 spiro atoms. The van der Waals surface area contributed by atoms with Crippen LogP contribution in [0.25, 0.3) is 0 Å². The zero-order chi connectivity index (χ0) is 18.4. The molecule has 1 saturated carbocycles. The van der Waals surface area contributed by atoms with Gasteiger partial charge in [-0.1, -0.05) is 31.0 Å². The van der Waals surface area contributed by atoms with Crippen molar-refractivity contribution < 1.29 is 14.6 Å². The van der Waals surface area contributed by atoms with E-state index >= 15 is 0 Å². The molecule has 0 unspecified atom stereocenters. The zero-order valence-electron chi connectivity index (χ0n) is 15.1. The Morgan fingerprint density at radius 2 is 1.92 bits per heavy atom. The summed E-state index contributed by atoms with van der Waals surface area (Å²) in [6.45, 7) is 2.52. The van der Waals surface area contributed by atoms with Gasteiger partial charge in [0.25, 0.3) is 0 Å². The first-order valence-electron chi connectivity index (χ1n) is 9.17. The minimum Gasteiger partial charge on any atom is -0.489 e. The van der Waals surface area contributed by atoms with Crippen LogP contribution in [0.4, 0.5) is 0 Å². The van der Waals surface area contributed by atoms with E-state index in [4.69, 9.17) is 14.8 Å². The fraction of sp³-hybridized carbons (Fsp3) is 0.429. The molecule has 0 radical (unpaired) electrons. The topological polar surface area (TPSA) is 59.4 Å². The number of aliphatic carboxylic acids is 1. The summed E-state index contributed by atoms with van der Waals surface area (Å²) in [6, 6.07) is 11.8. The molecule has 26 heavy (non-hydrogen) atoms. The second-order valence-electron chi connectivity index (χ2n) is 6.77. The fourth-order valence-electron chi connectivity index (χ4n) is 3.10. The van der Waals surface area contributed by atoms with Crippen molar-refractivity contribution in [3.05, 3.63) is 53.2 Å². The van der Waals surface area contributed by atoms with Crippen molar-refractivity contribution in [2.75, 3.05) is 0 Å². The van der Waals surface area contributed by atoms with Crippen molar-refractivity contribution in [3.8, 4) is 5.75 Å². The average molecular weight is 372 g/mol. The van der Waals surface area contributed by atoms with Gasteiger partial charge >= 0.3 is 5.97 Å². The molecule has 1 aromatic carbocycles. The standard InChI is InChI=1S/C21H25NO3S/c1-15-6-10-17(21(22-15)26-19-4-2-3-5-19)14-25-18-11-7-16(8-12-18)9-13-20(23)24/h6-8,10-12,19H,2-5,9,13-14H2,1H3,(H,23,24). The highest BCUT2D eigenvalue weighted by atomic mass is 32.2. The molecule has 138 valence electrons. The van der Waals surface area contributed by atoms with Gasteiger partial charge in [0.2, 0.25) is 0 Å². The smallest absolute Gasteiger partial charge is 0.303 e. The van der Waals surface area contributed by atoms with Crippen LogP contribution in [0.2, 0.25) is 0 Å². The lowest BCUT2D eigenvalue weighted by molar-refractivity contribution is -0.136. The number of carbonyl (C=O) groups is 1. The number of hydrogen-bond acceptors (Lipinski definition) is 4. The molecule has 5 heteroatoms. The van der Waals surface area contributed by atoms with Crippen LogP contribution in [0.1, 0.15) is 48.9 Å². The highest BCUT2D eigenvalue weighted by Gasteiger charge is 2.19. The molecule has 1 aromatic heterocycles. The molecule has 1 aliphatic carbocycles. The van der Waals surface area contributed by atoms with Crippen LogP contribution in [0.15, 0.2) is 41.4 Å². The van der Waals surface area contributed by atoms with Gasteiger partial charge in [0.1, 0.15) is 17.4 Å². The Kier molecular flexibility index (Phi) is 6.56. The molecule has 1 aliphatic rings. The van der Waals surface area contributed by atoms with Crippen molar-refractivity contribution in [1.82, 2.24) is 4.98 Å². The summed E-state index contributed by atoms with van der Waals surface area (Å²) in [7, 11) is 0. The van der Waals surface area contributed by atoms with Crippen molar-refractivity contribution in [1.29, 1.82) is 0 Å². The summed E-state index contributed by atoms with van der Waals surface area (Å²) in [6.07, 6.45) is 5.89. The molecule has 0 atom stereocenters. The maximum absolute atomic E-state index is 10.6. The second-order valence-corrected chi connectivity index (χ2v) is 8.06. The summed E-state index contributed by atoms with van der Waals surface area (Å²) in [5.74, 6) is 0.0194. The summed E-state index contributed by atoms with van der Waals surface area (Å²) in [5.41, 5.74) is 3.17. The Morgan fingerprint density at radius 3 is 2.62 bits per heavy atom. The Hall–Kier alpha value is -2.01. The maximum Gasteiger partial charge on any atom is 0.303 e. The van der Waals surface area contributed by atoms with Crippen molar-refractivity contribution >= 4 is 17.7 Å². The van der Waals surface area contributed by atoms with Gasteiger partial charge in [-0.3, -0.25) is 4.79 Å². The molecular formula is C21H25NO3S. The van der Waals surface area contributed by atoms with E-state index < -0.39 is 5.97 Å². The number of benzene rings is 1. The molecular weight excluding hydrogens is 346 g/mol. The third-order valence-corrected chi connectivity index (χ3v) is 5.99. The number of pyridine rings is 1. The molecule has 1 heterocycles. The van der Waals surface area contributed by atoms with Gasteiger partial charge in [-0.15, -0.1) is 11.8 Å². The number of nitrogens with zero attached hydrogens (tertiary/aromatic N) is 1. The van der Waals surface area contributed by atoms with Crippen LogP contribution in [-0.2, 0) is 17.8 Å². The van der Waals surface area contributed by atoms with E-state index in [2.05, 4.69) is 6.07 Å². The van der Waals surface area contributed by atoms with E-state index in [0.29, 0.717) is 18.3 Å². The zero-order valence-corrected chi connectivity index (χ0v) is 15.9. The number of ether oxygens (including phenoxy) is 1. The van der Waals surface area contributed by atoms with Crippen LogP contribution < -0.4 is 4.74 Å².